The zero-order valence-corrected chi connectivity index (χ0v) is 21.9. The predicted octanol–water partition coefficient (Wildman–Crippen LogP) is 6.73. The third-order valence-electron chi connectivity index (χ3n) is 7.93. The molecule has 2 aromatic rings. The van der Waals surface area contributed by atoms with Crippen molar-refractivity contribution in [2.75, 3.05) is 31.5 Å². The number of amides is 1. The molecule has 4 heteroatoms. The first-order valence-corrected chi connectivity index (χ1v) is 13.8. The van der Waals surface area contributed by atoms with Crippen LogP contribution in [0.4, 0.5) is 5.69 Å². The molecule has 4 nitrogen and oxygen atoms in total. The van der Waals surface area contributed by atoms with Crippen LogP contribution in [0.1, 0.15) is 87.2 Å². The van der Waals surface area contributed by atoms with Crippen LogP contribution in [0, 0.1) is 5.92 Å². The Labute approximate surface area is 212 Å². The van der Waals surface area contributed by atoms with Crippen molar-refractivity contribution >= 4 is 17.2 Å². The monoisotopic (exact) mass is 473 g/mol. The molecule has 4 rings (SSSR count). The second kappa shape index (κ2) is 12.4. The minimum Gasteiger partial charge on any atom is -0.382 e. The minimum atomic E-state index is 0.112. The van der Waals surface area contributed by atoms with E-state index in [0.717, 1.165) is 50.5 Å². The number of benzene rings is 2. The number of anilines is 1. The lowest BCUT2D eigenvalue weighted by molar-refractivity contribution is 0.0773. The number of hydrogen-bond donors (Lipinski definition) is 2. The highest BCUT2D eigenvalue weighted by molar-refractivity contribution is 5.95. The standard InChI is InChI=1S/C31H43N3O/c1-4-34(5-2)31(35)27-16-14-25(15-17-27)30(26-18-20-32-21-19-26)28-12-9-13-29(22-28)33-23(3)24-10-7-6-8-11-24/h9,12-17,22-24,32-33H,4-8,10-11,18-21H2,1-3H3/t23-/m1/s1. The number of piperidine rings is 1. The highest BCUT2D eigenvalue weighted by Crippen LogP contribution is 2.34. The van der Waals surface area contributed by atoms with Crippen molar-refractivity contribution < 1.29 is 4.79 Å². The van der Waals surface area contributed by atoms with Crippen LogP contribution in [0.15, 0.2) is 54.1 Å². The summed E-state index contributed by atoms with van der Waals surface area (Å²) in [4.78, 5) is 14.7. The first-order chi connectivity index (χ1) is 17.1. The predicted molar refractivity (Wildman–Crippen MR) is 148 cm³/mol. The van der Waals surface area contributed by atoms with E-state index in [1.165, 1.54) is 60.1 Å². The van der Waals surface area contributed by atoms with E-state index in [-0.39, 0.29) is 5.91 Å². The Morgan fingerprint density at radius 1 is 0.943 bits per heavy atom. The number of carbonyl (C=O) groups is 1. The molecule has 1 atom stereocenters. The van der Waals surface area contributed by atoms with Crippen LogP contribution in [0.5, 0.6) is 0 Å². The smallest absolute Gasteiger partial charge is 0.253 e. The molecule has 0 spiro atoms. The minimum absolute atomic E-state index is 0.112. The topological polar surface area (TPSA) is 44.4 Å². The Balaban J connectivity index is 1.62. The maximum atomic E-state index is 12.8. The van der Waals surface area contributed by atoms with Crippen molar-refractivity contribution in [1.29, 1.82) is 0 Å². The van der Waals surface area contributed by atoms with Gasteiger partial charge in [-0.25, -0.2) is 0 Å². The molecule has 1 aliphatic carbocycles. The number of nitrogens with one attached hydrogen (secondary N) is 2. The third kappa shape index (κ3) is 6.35. The van der Waals surface area contributed by atoms with Crippen molar-refractivity contribution in [3.8, 4) is 0 Å². The maximum Gasteiger partial charge on any atom is 0.253 e. The molecule has 1 amide bonds. The van der Waals surface area contributed by atoms with Gasteiger partial charge in [0.1, 0.15) is 0 Å². The van der Waals surface area contributed by atoms with Crippen molar-refractivity contribution in [3.05, 3.63) is 70.8 Å². The van der Waals surface area contributed by atoms with Crippen molar-refractivity contribution in [2.45, 2.75) is 71.8 Å². The molecule has 2 N–H and O–H groups in total. The molecule has 1 saturated carbocycles. The molecule has 2 aromatic carbocycles. The fraction of sp³-hybridized carbons (Fsp3) is 0.516. The number of nitrogens with zero attached hydrogens (tertiary/aromatic N) is 1. The Hall–Kier alpha value is -2.59. The molecule has 0 unspecified atom stereocenters. The van der Waals surface area contributed by atoms with Crippen molar-refractivity contribution in [3.63, 3.8) is 0 Å². The molecule has 188 valence electrons. The zero-order chi connectivity index (χ0) is 24.6. The highest BCUT2D eigenvalue weighted by atomic mass is 16.2. The number of rotatable bonds is 8. The van der Waals surface area contributed by atoms with E-state index in [4.69, 9.17) is 0 Å². The largest absolute Gasteiger partial charge is 0.382 e. The highest BCUT2D eigenvalue weighted by Gasteiger charge is 2.21. The first kappa shape index (κ1) is 25.5. The van der Waals surface area contributed by atoms with Gasteiger partial charge in [0, 0.05) is 30.4 Å². The fourth-order valence-electron chi connectivity index (χ4n) is 5.81. The summed E-state index contributed by atoms with van der Waals surface area (Å²) in [6.07, 6.45) is 8.94. The molecule has 1 saturated heterocycles. The Bertz CT molecular complexity index is 992. The van der Waals surface area contributed by atoms with E-state index in [0.29, 0.717) is 6.04 Å². The molecule has 2 aliphatic rings. The van der Waals surface area contributed by atoms with E-state index in [1.54, 1.807) is 0 Å². The first-order valence-electron chi connectivity index (χ1n) is 13.8. The quantitative estimate of drug-likeness (QED) is 0.446. The van der Waals surface area contributed by atoms with E-state index in [2.05, 4.69) is 54.0 Å². The molecule has 0 radical (unpaired) electrons. The van der Waals surface area contributed by atoms with Gasteiger partial charge < -0.3 is 15.5 Å². The van der Waals surface area contributed by atoms with Gasteiger partial charge in [0.2, 0.25) is 0 Å². The van der Waals surface area contributed by atoms with Crippen LogP contribution in [-0.2, 0) is 0 Å². The molecule has 0 aromatic heterocycles. The SMILES string of the molecule is CCN(CC)C(=O)c1ccc(C(=C2CCNCC2)c2cccc(N[C@H](C)C3CCCCC3)c2)cc1. The summed E-state index contributed by atoms with van der Waals surface area (Å²) >= 11 is 0. The summed E-state index contributed by atoms with van der Waals surface area (Å²) in [6, 6.07) is 17.8. The summed E-state index contributed by atoms with van der Waals surface area (Å²) in [7, 11) is 0. The molecule has 35 heavy (non-hydrogen) atoms. The third-order valence-corrected chi connectivity index (χ3v) is 7.93. The van der Waals surface area contributed by atoms with E-state index >= 15 is 0 Å². The molecular weight excluding hydrogens is 430 g/mol. The van der Waals surface area contributed by atoms with Gasteiger partial charge in [0.15, 0.2) is 0 Å². The van der Waals surface area contributed by atoms with Gasteiger partial charge in [-0.15, -0.1) is 0 Å². The fourth-order valence-corrected chi connectivity index (χ4v) is 5.81. The average Bonchev–Trinajstić information content (AvgIpc) is 2.91. The summed E-state index contributed by atoms with van der Waals surface area (Å²) in [5.41, 5.74) is 7.29. The lowest BCUT2D eigenvalue weighted by Crippen LogP contribution is -2.30. The Morgan fingerprint density at radius 3 is 2.26 bits per heavy atom. The van der Waals surface area contributed by atoms with Gasteiger partial charge in [0.25, 0.3) is 5.91 Å². The van der Waals surface area contributed by atoms with Gasteiger partial charge in [-0.2, -0.15) is 0 Å². The second-order valence-corrected chi connectivity index (χ2v) is 10.2. The van der Waals surface area contributed by atoms with E-state index < -0.39 is 0 Å². The molecular formula is C31H43N3O. The van der Waals surface area contributed by atoms with Crippen LogP contribution in [0.3, 0.4) is 0 Å². The maximum absolute atomic E-state index is 12.8. The Morgan fingerprint density at radius 2 is 1.60 bits per heavy atom. The summed E-state index contributed by atoms with van der Waals surface area (Å²) in [6.45, 7) is 9.93. The lowest BCUT2D eigenvalue weighted by Gasteiger charge is -2.29. The van der Waals surface area contributed by atoms with Gasteiger partial charge in [0.05, 0.1) is 0 Å². The van der Waals surface area contributed by atoms with Crippen LogP contribution in [0.2, 0.25) is 0 Å². The van der Waals surface area contributed by atoms with Gasteiger partial charge in [-0.05, 0) is 106 Å². The van der Waals surface area contributed by atoms with E-state index in [1.807, 2.05) is 30.9 Å². The van der Waals surface area contributed by atoms with Gasteiger partial charge in [-0.3, -0.25) is 4.79 Å². The van der Waals surface area contributed by atoms with Crippen LogP contribution in [-0.4, -0.2) is 43.0 Å². The van der Waals surface area contributed by atoms with Crippen LogP contribution in [0.25, 0.3) is 5.57 Å². The molecule has 1 heterocycles. The van der Waals surface area contributed by atoms with Crippen LogP contribution >= 0.6 is 0 Å². The Kier molecular flexibility index (Phi) is 9.03. The van der Waals surface area contributed by atoms with Crippen LogP contribution < -0.4 is 10.6 Å². The zero-order valence-electron chi connectivity index (χ0n) is 21.9. The molecule has 0 bridgehead atoms. The van der Waals surface area contributed by atoms with Gasteiger partial charge >= 0.3 is 0 Å². The summed E-state index contributed by atoms with van der Waals surface area (Å²) in [5, 5.41) is 7.32. The van der Waals surface area contributed by atoms with Crippen molar-refractivity contribution in [2.24, 2.45) is 5.92 Å². The second-order valence-electron chi connectivity index (χ2n) is 10.2. The lowest BCUT2D eigenvalue weighted by atomic mass is 9.84. The number of carbonyl (C=O) groups excluding carboxylic acids is 1. The van der Waals surface area contributed by atoms with E-state index in [9.17, 15) is 4.79 Å². The molecule has 2 fully saturated rings. The number of hydrogen-bond acceptors (Lipinski definition) is 3. The van der Waals surface area contributed by atoms with Crippen molar-refractivity contribution in [1.82, 2.24) is 10.2 Å². The molecule has 1 aliphatic heterocycles. The normalized spacial score (nSPS) is 17.6. The average molecular weight is 474 g/mol. The summed E-state index contributed by atoms with van der Waals surface area (Å²) in [5.74, 6) is 0.881. The van der Waals surface area contributed by atoms with Gasteiger partial charge in [-0.1, -0.05) is 49.1 Å². The summed E-state index contributed by atoms with van der Waals surface area (Å²) < 4.78 is 0.